The highest BCUT2D eigenvalue weighted by Crippen LogP contribution is 2.29. The van der Waals surface area contributed by atoms with E-state index in [9.17, 15) is 9.59 Å². The minimum atomic E-state index is -0.198. The van der Waals surface area contributed by atoms with E-state index in [-0.39, 0.29) is 24.4 Å². The van der Waals surface area contributed by atoms with Crippen molar-refractivity contribution < 1.29 is 14.3 Å². The quantitative estimate of drug-likeness (QED) is 0.747. The van der Waals surface area contributed by atoms with E-state index in [1.165, 1.54) is 11.8 Å². The molecule has 0 atom stereocenters. The van der Waals surface area contributed by atoms with Crippen LogP contribution >= 0.6 is 0 Å². The van der Waals surface area contributed by atoms with Crippen LogP contribution in [0.3, 0.4) is 0 Å². The highest BCUT2D eigenvalue weighted by molar-refractivity contribution is 5.98. The van der Waals surface area contributed by atoms with Gasteiger partial charge >= 0.3 is 0 Å². The summed E-state index contributed by atoms with van der Waals surface area (Å²) < 4.78 is 5.40. The first-order valence-corrected chi connectivity index (χ1v) is 9.09. The number of carbonyl (C=O) groups is 2. The van der Waals surface area contributed by atoms with Crippen LogP contribution in [0.5, 0.6) is 5.75 Å². The topological polar surface area (TPSA) is 49.9 Å². The molecule has 0 aliphatic rings. The molecule has 2 aromatic carbocycles. The molecule has 0 bridgehead atoms. The summed E-state index contributed by atoms with van der Waals surface area (Å²) in [5.41, 5.74) is 2.67. The van der Waals surface area contributed by atoms with Crippen LogP contribution < -0.4 is 9.64 Å². The van der Waals surface area contributed by atoms with Gasteiger partial charge in [0.15, 0.2) is 0 Å². The van der Waals surface area contributed by atoms with Gasteiger partial charge in [0.1, 0.15) is 12.3 Å². The first kappa shape index (κ1) is 20.5. The van der Waals surface area contributed by atoms with Gasteiger partial charge in [-0.1, -0.05) is 36.4 Å². The summed E-state index contributed by atoms with van der Waals surface area (Å²) in [6, 6.07) is 15.5. The number of methoxy groups -OCH3 is 1. The predicted molar refractivity (Wildman–Crippen MR) is 108 cm³/mol. The Morgan fingerprint density at radius 1 is 1.07 bits per heavy atom. The molecule has 0 saturated heterocycles. The van der Waals surface area contributed by atoms with Gasteiger partial charge in [-0.15, -0.1) is 0 Å². The van der Waals surface area contributed by atoms with Crippen molar-refractivity contribution in [1.29, 1.82) is 0 Å². The molecule has 0 spiro atoms. The summed E-state index contributed by atoms with van der Waals surface area (Å²) in [7, 11) is 1.56. The van der Waals surface area contributed by atoms with Gasteiger partial charge in [0.05, 0.1) is 12.8 Å². The van der Waals surface area contributed by atoms with Gasteiger partial charge in [-0.05, 0) is 44.0 Å². The van der Waals surface area contributed by atoms with Crippen LogP contribution in [0.25, 0.3) is 0 Å². The van der Waals surface area contributed by atoms with Crippen LogP contribution in [0.4, 0.5) is 5.69 Å². The van der Waals surface area contributed by atoms with Crippen LogP contribution in [0.15, 0.2) is 48.5 Å². The van der Waals surface area contributed by atoms with Gasteiger partial charge in [0.25, 0.3) is 0 Å². The van der Waals surface area contributed by atoms with Crippen LogP contribution in [0, 0.1) is 6.92 Å². The maximum atomic E-state index is 13.1. The second kappa shape index (κ2) is 9.21. The van der Waals surface area contributed by atoms with E-state index in [1.807, 2.05) is 69.3 Å². The van der Waals surface area contributed by atoms with Gasteiger partial charge in [0.2, 0.25) is 11.8 Å². The van der Waals surface area contributed by atoms with E-state index in [2.05, 4.69) is 0 Å². The van der Waals surface area contributed by atoms with Gasteiger partial charge in [-0.2, -0.15) is 0 Å². The van der Waals surface area contributed by atoms with Gasteiger partial charge in [0, 0.05) is 19.5 Å². The molecule has 2 rings (SSSR count). The number of rotatable bonds is 7. The molecule has 144 valence electrons. The molecule has 0 saturated carbocycles. The largest absolute Gasteiger partial charge is 0.495 e. The third-order valence-corrected chi connectivity index (χ3v) is 4.44. The van der Waals surface area contributed by atoms with E-state index in [4.69, 9.17) is 4.74 Å². The van der Waals surface area contributed by atoms with Crippen molar-refractivity contribution in [3.05, 3.63) is 59.7 Å². The maximum absolute atomic E-state index is 13.1. The zero-order valence-corrected chi connectivity index (χ0v) is 16.7. The maximum Gasteiger partial charge on any atom is 0.243 e. The molecule has 0 heterocycles. The Kier molecular flexibility index (Phi) is 6.99. The summed E-state index contributed by atoms with van der Waals surface area (Å²) in [6.07, 6.45) is 0. The molecule has 2 amide bonds. The van der Waals surface area contributed by atoms with Crippen molar-refractivity contribution in [3.8, 4) is 5.75 Å². The summed E-state index contributed by atoms with van der Waals surface area (Å²) >= 11 is 0. The van der Waals surface area contributed by atoms with E-state index in [1.54, 1.807) is 12.0 Å². The normalized spacial score (nSPS) is 10.6. The fourth-order valence-electron chi connectivity index (χ4n) is 2.94. The highest BCUT2D eigenvalue weighted by atomic mass is 16.5. The SMILES string of the molecule is COc1ccc(C)cc1N(CC(=O)N(Cc1ccccc1)C(C)C)C(C)=O. The Morgan fingerprint density at radius 3 is 2.30 bits per heavy atom. The lowest BCUT2D eigenvalue weighted by atomic mass is 10.1. The second-order valence-electron chi connectivity index (χ2n) is 6.88. The number of ether oxygens (including phenoxy) is 1. The minimum absolute atomic E-state index is 0.0194. The minimum Gasteiger partial charge on any atom is -0.495 e. The van der Waals surface area contributed by atoms with Crippen molar-refractivity contribution >= 4 is 17.5 Å². The molecule has 27 heavy (non-hydrogen) atoms. The number of anilines is 1. The third kappa shape index (κ3) is 5.33. The monoisotopic (exact) mass is 368 g/mol. The summed E-state index contributed by atoms with van der Waals surface area (Å²) in [5, 5.41) is 0. The van der Waals surface area contributed by atoms with Crippen molar-refractivity contribution in [2.24, 2.45) is 0 Å². The van der Waals surface area contributed by atoms with Gasteiger partial charge in [-0.3, -0.25) is 14.5 Å². The Bertz CT molecular complexity index is 787. The molecular formula is C22H28N2O3. The van der Waals surface area contributed by atoms with Crippen molar-refractivity contribution in [2.45, 2.75) is 40.3 Å². The zero-order valence-electron chi connectivity index (χ0n) is 16.7. The van der Waals surface area contributed by atoms with E-state index >= 15 is 0 Å². The number of carbonyl (C=O) groups excluding carboxylic acids is 2. The number of nitrogens with zero attached hydrogens (tertiary/aromatic N) is 2. The number of hydrogen-bond acceptors (Lipinski definition) is 3. The Balaban J connectivity index is 2.27. The fraction of sp³-hybridized carbons (Fsp3) is 0.364. The van der Waals surface area contributed by atoms with Crippen molar-refractivity contribution in [2.75, 3.05) is 18.6 Å². The molecule has 0 aromatic heterocycles. The lowest BCUT2D eigenvalue weighted by Crippen LogP contribution is -2.45. The molecular weight excluding hydrogens is 340 g/mol. The van der Waals surface area contributed by atoms with Gasteiger partial charge in [-0.25, -0.2) is 0 Å². The van der Waals surface area contributed by atoms with Gasteiger partial charge < -0.3 is 9.64 Å². The Morgan fingerprint density at radius 2 is 1.74 bits per heavy atom. The van der Waals surface area contributed by atoms with E-state index in [0.29, 0.717) is 18.0 Å². The first-order chi connectivity index (χ1) is 12.8. The van der Waals surface area contributed by atoms with Crippen LogP contribution in [-0.4, -0.2) is 36.4 Å². The molecule has 0 fully saturated rings. The molecule has 0 unspecified atom stereocenters. The number of hydrogen-bond donors (Lipinski definition) is 0. The summed E-state index contributed by atoms with van der Waals surface area (Å²) in [6.45, 7) is 7.84. The lowest BCUT2D eigenvalue weighted by molar-refractivity contribution is -0.133. The average Bonchev–Trinajstić information content (AvgIpc) is 2.64. The standard InChI is InChI=1S/C22H28N2O3/c1-16(2)23(14-19-9-7-6-8-10-19)22(26)15-24(18(4)25)20-13-17(3)11-12-21(20)27-5/h6-13,16H,14-15H2,1-5H3. The fourth-order valence-corrected chi connectivity index (χ4v) is 2.94. The van der Waals surface area contributed by atoms with Crippen LogP contribution in [0.1, 0.15) is 31.9 Å². The second-order valence-corrected chi connectivity index (χ2v) is 6.88. The molecule has 0 radical (unpaired) electrons. The highest BCUT2D eigenvalue weighted by Gasteiger charge is 2.24. The summed E-state index contributed by atoms with van der Waals surface area (Å²) in [5.74, 6) is 0.269. The van der Waals surface area contributed by atoms with Crippen LogP contribution in [-0.2, 0) is 16.1 Å². The number of amides is 2. The van der Waals surface area contributed by atoms with Crippen LogP contribution in [0.2, 0.25) is 0 Å². The third-order valence-electron chi connectivity index (χ3n) is 4.44. The predicted octanol–water partition coefficient (Wildman–Crippen LogP) is 3.79. The molecule has 0 N–H and O–H groups in total. The smallest absolute Gasteiger partial charge is 0.243 e. The number of aryl methyl sites for hydroxylation is 1. The molecule has 5 nitrogen and oxygen atoms in total. The summed E-state index contributed by atoms with van der Waals surface area (Å²) in [4.78, 5) is 28.6. The zero-order chi connectivity index (χ0) is 20.0. The van der Waals surface area contributed by atoms with Crippen molar-refractivity contribution in [1.82, 2.24) is 4.90 Å². The molecule has 0 aliphatic carbocycles. The molecule has 0 aliphatic heterocycles. The average molecular weight is 368 g/mol. The Labute approximate surface area is 161 Å². The van der Waals surface area contributed by atoms with Crippen molar-refractivity contribution in [3.63, 3.8) is 0 Å². The lowest BCUT2D eigenvalue weighted by Gasteiger charge is -2.30. The molecule has 5 heteroatoms. The van der Waals surface area contributed by atoms with E-state index < -0.39 is 0 Å². The first-order valence-electron chi connectivity index (χ1n) is 9.09. The van der Waals surface area contributed by atoms with E-state index in [0.717, 1.165) is 11.1 Å². The molecule has 2 aromatic rings. The number of benzene rings is 2. The Hall–Kier alpha value is -2.82.